The second-order valence-corrected chi connectivity index (χ2v) is 4.53. The molecule has 0 aliphatic carbocycles. The van der Waals surface area contributed by atoms with E-state index in [-0.39, 0.29) is 19.0 Å². The Kier molecular flexibility index (Phi) is 2.60. The maximum Gasteiger partial charge on any atom is 0.324 e. The van der Waals surface area contributed by atoms with Crippen molar-refractivity contribution in [3.05, 3.63) is 30.1 Å². The fourth-order valence-corrected chi connectivity index (χ4v) is 2.20. The van der Waals surface area contributed by atoms with Crippen molar-refractivity contribution in [2.45, 2.75) is 0 Å². The van der Waals surface area contributed by atoms with Gasteiger partial charge in [0.25, 0.3) is 0 Å². The third-order valence-electron chi connectivity index (χ3n) is 3.39. The summed E-state index contributed by atoms with van der Waals surface area (Å²) < 4.78 is 9.75. The fourth-order valence-electron chi connectivity index (χ4n) is 2.20. The highest BCUT2D eigenvalue weighted by Gasteiger charge is 2.53. The van der Waals surface area contributed by atoms with Gasteiger partial charge in [0, 0.05) is 5.56 Å². The largest absolute Gasteiger partial charge is 0.468 e. The molecule has 6 heteroatoms. The molecule has 1 saturated heterocycles. The number of ether oxygens (including phenoxy) is 2. The lowest BCUT2D eigenvalue weighted by molar-refractivity contribution is -0.172. The number of imidazole rings is 1. The van der Waals surface area contributed by atoms with Gasteiger partial charge in [-0.3, -0.25) is 9.59 Å². The number of carbonyl (C=O) groups excluding carboxylic acids is 2. The Balaban J connectivity index is 2.00. The topological polar surface area (TPSA) is 81.3 Å². The Hall–Kier alpha value is -2.21. The number of hydrogen-bond acceptors (Lipinski definition) is 5. The van der Waals surface area contributed by atoms with Crippen molar-refractivity contribution in [2.75, 3.05) is 20.3 Å². The zero-order valence-corrected chi connectivity index (χ0v) is 10.3. The number of nitrogens with zero attached hydrogens (tertiary/aromatic N) is 1. The number of carbonyl (C=O) groups is 2. The molecule has 0 amide bonds. The maximum absolute atomic E-state index is 12.5. The molecule has 1 fully saturated rings. The summed E-state index contributed by atoms with van der Waals surface area (Å²) in [6.45, 7) is 0.138. The zero-order chi connectivity index (χ0) is 13.5. The molecule has 1 aromatic carbocycles. The van der Waals surface area contributed by atoms with Crippen molar-refractivity contribution in [1.82, 2.24) is 9.97 Å². The summed E-state index contributed by atoms with van der Waals surface area (Å²) in [5.41, 5.74) is 0.785. The first-order valence-corrected chi connectivity index (χ1v) is 5.81. The lowest BCUT2D eigenvalue weighted by atomic mass is 9.78. The Morgan fingerprint density at radius 3 is 2.84 bits per heavy atom. The van der Waals surface area contributed by atoms with E-state index < -0.39 is 11.4 Å². The van der Waals surface area contributed by atoms with E-state index in [1.807, 2.05) is 0 Å². The molecule has 0 bridgehead atoms. The van der Waals surface area contributed by atoms with Crippen LogP contribution < -0.4 is 0 Å². The number of hydrogen-bond donors (Lipinski definition) is 1. The molecule has 1 aliphatic heterocycles. The molecule has 19 heavy (non-hydrogen) atoms. The van der Waals surface area contributed by atoms with Crippen molar-refractivity contribution in [2.24, 2.45) is 5.41 Å². The molecule has 1 aliphatic rings. The van der Waals surface area contributed by atoms with Crippen LogP contribution in [-0.2, 0) is 14.3 Å². The summed E-state index contributed by atoms with van der Waals surface area (Å²) in [7, 11) is 1.27. The number of aromatic amines is 1. The van der Waals surface area contributed by atoms with Crippen LogP contribution in [-0.4, -0.2) is 42.0 Å². The Labute approximate surface area is 108 Å². The van der Waals surface area contributed by atoms with Crippen LogP contribution >= 0.6 is 0 Å². The molecular weight excluding hydrogens is 248 g/mol. The van der Waals surface area contributed by atoms with Gasteiger partial charge in [0.05, 0.1) is 37.7 Å². The van der Waals surface area contributed by atoms with Crippen molar-refractivity contribution >= 4 is 22.8 Å². The monoisotopic (exact) mass is 260 g/mol. The molecule has 2 heterocycles. The van der Waals surface area contributed by atoms with Crippen molar-refractivity contribution in [1.29, 1.82) is 0 Å². The normalized spacial score (nSPS) is 16.9. The second-order valence-electron chi connectivity index (χ2n) is 4.53. The SMILES string of the molecule is COC(=O)C1(C(=O)c2ccc3nc[nH]c3c2)COC1. The second kappa shape index (κ2) is 4.17. The van der Waals surface area contributed by atoms with Crippen molar-refractivity contribution in [3.8, 4) is 0 Å². The van der Waals surface area contributed by atoms with Gasteiger partial charge in [-0.15, -0.1) is 0 Å². The number of Topliss-reactive ketones (excluding diaryl/α,β-unsaturated/α-hetero) is 1. The van der Waals surface area contributed by atoms with Crippen LogP contribution in [0.4, 0.5) is 0 Å². The number of aromatic nitrogens is 2. The van der Waals surface area contributed by atoms with Gasteiger partial charge in [-0.05, 0) is 18.2 Å². The van der Waals surface area contributed by atoms with Crippen LogP contribution in [0.5, 0.6) is 0 Å². The molecule has 1 N–H and O–H groups in total. The molecular formula is C13H12N2O4. The lowest BCUT2D eigenvalue weighted by Crippen LogP contribution is -2.55. The van der Waals surface area contributed by atoms with Crippen molar-refractivity contribution < 1.29 is 19.1 Å². The smallest absolute Gasteiger partial charge is 0.324 e. The first-order chi connectivity index (χ1) is 9.17. The number of esters is 1. The Morgan fingerprint density at radius 1 is 1.42 bits per heavy atom. The van der Waals surface area contributed by atoms with E-state index in [0.29, 0.717) is 5.56 Å². The minimum atomic E-state index is -1.19. The molecule has 0 radical (unpaired) electrons. The summed E-state index contributed by atoms with van der Waals surface area (Å²) in [6.07, 6.45) is 1.56. The highest BCUT2D eigenvalue weighted by molar-refractivity contribution is 6.14. The molecule has 0 unspecified atom stereocenters. The van der Waals surface area contributed by atoms with Gasteiger partial charge in [0.2, 0.25) is 0 Å². The molecule has 2 aromatic rings. The minimum absolute atomic E-state index is 0.0690. The highest BCUT2D eigenvalue weighted by atomic mass is 16.5. The molecule has 0 saturated carbocycles. The molecule has 3 rings (SSSR count). The summed E-state index contributed by atoms with van der Waals surface area (Å²) >= 11 is 0. The lowest BCUT2D eigenvalue weighted by Gasteiger charge is -2.36. The minimum Gasteiger partial charge on any atom is -0.468 e. The number of nitrogens with one attached hydrogen (secondary N) is 1. The molecule has 0 atom stereocenters. The van der Waals surface area contributed by atoms with Crippen LogP contribution in [0.25, 0.3) is 11.0 Å². The van der Waals surface area contributed by atoms with Gasteiger partial charge < -0.3 is 14.5 Å². The quantitative estimate of drug-likeness (QED) is 0.504. The maximum atomic E-state index is 12.5. The van der Waals surface area contributed by atoms with E-state index in [4.69, 9.17) is 9.47 Å². The first-order valence-electron chi connectivity index (χ1n) is 5.81. The molecule has 1 aromatic heterocycles. The van der Waals surface area contributed by atoms with E-state index in [1.165, 1.54) is 7.11 Å². The van der Waals surface area contributed by atoms with Crippen molar-refractivity contribution in [3.63, 3.8) is 0 Å². The zero-order valence-electron chi connectivity index (χ0n) is 10.3. The van der Waals surface area contributed by atoms with Gasteiger partial charge in [0.15, 0.2) is 11.2 Å². The average Bonchev–Trinajstić information content (AvgIpc) is 2.84. The summed E-state index contributed by atoms with van der Waals surface area (Å²) in [5, 5.41) is 0. The number of rotatable bonds is 3. The van der Waals surface area contributed by atoms with Crippen LogP contribution in [0.2, 0.25) is 0 Å². The predicted molar refractivity (Wildman–Crippen MR) is 65.7 cm³/mol. The van der Waals surface area contributed by atoms with Crippen LogP contribution in [0.3, 0.4) is 0 Å². The standard InChI is InChI=1S/C13H12N2O4/c1-18-12(17)13(5-19-6-13)11(16)8-2-3-9-10(4-8)15-7-14-9/h2-4,7H,5-6H2,1H3,(H,14,15). The number of fused-ring (bicyclic) bond motifs is 1. The fraction of sp³-hybridized carbons (Fsp3) is 0.308. The third kappa shape index (κ3) is 1.64. The number of benzene rings is 1. The van der Waals surface area contributed by atoms with E-state index >= 15 is 0 Å². The van der Waals surface area contributed by atoms with Gasteiger partial charge in [-0.2, -0.15) is 0 Å². The van der Waals surface area contributed by atoms with Gasteiger partial charge in [-0.1, -0.05) is 0 Å². The third-order valence-corrected chi connectivity index (χ3v) is 3.39. The highest BCUT2D eigenvalue weighted by Crippen LogP contribution is 2.33. The van der Waals surface area contributed by atoms with E-state index in [1.54, 1.807) is 24.5 Å². The van der Waals surface area contributed by atoms with Crippen LogP contribution in [0.15, 0.2) is 24.5 Å². The van der Waals surface area contributed by atoms with E-state index in [9.17, 15) is 9.59 Å². The van der Waals surface area contributed by atoms with Gasteiger partial charge >= 0.3 is 5.97 Å². The molecule has 0 spiro atoms. The average molecular weight is 260 g/mol. The van der Waals surface area contributed by atoms with E-state index in [0.717, 1.165) is 11.0 Å². The summed E-state index contributed by atoms with van der Waals surface area (Å²) in [5.74, 6) is -0.824. The Bertz CT molecular complexity index is 657. The van der Waals surface area contributed by atoms with Crippen LogP contribution in [0.1, 0.15) is 10.4 Å². The van der Waals surface area contributed by atoms with Gasteiger partial charge in [-0.25, -0.2) is 4.98 Å². The molecule has 6 nitrogen and oxygen atoms in total. The summed E-state index contributed by atoms with van der Waals surface area (Å²) in [6, 6.07) is 5.09. The predicted octanol–water partition coefficient (Wildman–Crippen LogP) is 0.935. The Morgan fingerprint density at radius 2 is 2.21 bits per heavy atom. The van der Waals surface area contributed by atoms with Crippen LogP contribution in [0, 0.1) is 5.41 Å². The van der Waals surface area contributed by atoms with Gasteiger partial charge in [0.1, 0.15) is 0 Å². The molecule has 98 valence electrons. The van der Waals surface area contributed by atoms with E-state index in [2.05, 4.69) is 9.97 Å². The number of ketones is 1. The first kappa shape index (κ1) is 11.9. The number of H-pyrrole nitrogens is 1. The number of methoxy groups -OCH3 is 1. The summed E-state index contributed by atoms with van der Waals surface area (Å²) in [4.78, 5) is 31.3.